The number of fused-ring (bicyclic) bond motifs is 4. The monoisotopic (exact) mass is 700 g/mol. The molecular weight excluding hydrogens is 652 g/mol. The third kappa shape index (κ3) is 5.74. The van der Waals surface area contributed by atoms with Crippen molar-refractivity contribution in [1.29, 1.82) is 0 Å². The molecule has 1 aromatic heterocycles. The van der Waals surface area contributed by atoms with Gasteiger partial charge in [-0.3, -0.25) is 19.3 Å². The fourth-order valence-electron chi connectivity index (χ4n) is 7.12. The Morgan fingerprint density at radius 3 is 2.35 bits per heavy atom. The first-order chi connectivity index (χ1) is 22.6. The Morgan fingerprint density at radius 1 is 1.12 bits per heavy atom. The molecule has 0 saturated carbocycles. The van der Waals surface area contributed by atoms with Crippen molar-refractivity contribution in [3.63, 3.8) is 0 Å². The van der Waals surface area contributed by atoms with E-state index in [9.17, 15) is 14.7 Å². The first-order valence-corrected chi connectivity index (χ1v) is 20.3. The van der Waals surface area contributed by atoms with Crippen LogP contribution in [0.2, 0.25) is 23.2 Å². The van der Waals surface area contributed by atoms with Crippen LogP contribution in [0.15, 0.2) is 21.9 Å². The lowest BCUT2D eigenvalue weighted by Crippen LogP contribution is -2.65. The second-order valence-electron chi connectivity index (χ2n) is 15.1. The summed E-state index contributed by atoms with van der Waals surface area (Å²) in [6, 6.07) is 0.938. The number of aromatic nitrogens is 1. The van der Waals surface area contributed by atoms with Crippen molar-refractivity contribution in [3.05, 3.63) is 50.4 Å². The normalized spacial score (nSPS) is 23.9. The summed E-state index contributed by atoms with van der Waals surface area (Å²) in [7, 11) is 0.929. The molecule has 0 unspecified atom stereocenters. The maximum absolute atomic E-state index is 15.2. The zero-order valence-electron chi connectivity index (χ0n) is 29.6. The highest BCUT2D eigenvalue weighted by Gasteiger charge is 2.67. The lowest BCUT2D eigenvalue weighted by atomic mass is 9.58. The van der Waals surface area contributed by atoms with Gasteiger partial charge in [0.1, 0.15) is 17.1 Å². The Hall–Kier alpha value is -2.99. The van der Waals surface area contributed by atoms with E-state index < -0.39 is 43.4 Å². The fraction of sp³-hybridized carbons (Fsp3) is 0.611. The summed E-state index contributed by atoms with van der Waals surface area (Å²) in [5.41, 5.74) is -0.703. The lowest BCUT2D eigenvalue weighted by Gasteiger charge is -2.55. The Labute approximate surface area is 289 Å². The molecule has 0 spiro atoms. The largest absolute Gasteiger partial charge is 0.508 e. The number of aliphatic hydroxyl groups is 1. The highest BCUT2D eigenvalue weighted by Crippen LogP contribution is 2.60. The van der Waals surface area contributed by atoms with Crippen molar-refractivity contribution in [3.8, 4) is 11.6 Å². The molecule has 5 rings (SSSR count). The number of aliphatic hydroxyl groups excluding tert-OH is 1. The third-order valence-electron chi connectivity index (χ3n) is 10.7. The van der Waals surface area contributed by atoms with Crippen molar-refractivity contribution in [1.82, 2.24) is 10.1 Å². The van der Waals surface area contributed by atoms with Gasteiger partial charge in [-0.15, -0.1) is 0 Å². The SMILES string of the molecule is CCCCOc1cc(C=O)c(Cl)c2c1C(=O)C1=C(O)[C@]3(O[Si](C)(C)C(C)(C)C)C(=O)c4c(OCCCC)noc4[C@@H](N(C)C)[C@@H]3C[C@@H]1C2. The van der Waals surface area contributed by atoms with Crippen LogP contribution in [0.3, 0.4) is 0 Å². The second kappa shape index (κ2) is 13.4. The molecule has 1 N–H and O–H groups in total. The minimum Gasteiger partial charge on any atom is -0.508 e. The third-order valence-corrected chi connectivity index (χ3v) is 15.5. The maximum Gasteiger partial charge on any atom is 0.265 e. The number of carbonyl (C=O) groups is 3. The van der Waals surface area contributed by atoms with E-state index in [1.54, 1.807) is 0 Å². The van der Waals surface area contributed by atoms with E-state index in [-0.39, 0.29) is 56.1 Å². The van der Waals surface area contributed by atoms with E-state index in [2.05, 4.69) is 25.9 Å². The van der Waals surface area contributed by atoms with Crippen molar-refractivity contribution in [2.45, 2.75) is 103 Å². The van der Waals surface area contributed by atoms with Gasteiger partial charge in [0.05, 0.1) is 29.8 Å². The molecule has 48 heavy (non-hydrogen) atoms. The first-order valence-electron chi connectivity index (χ1n) is 17.0. The number of allylic oxidation sites excluding steroid dienone is 1. The number of aldehydes is 1. The number of ether oxygens (including phenoxy) is 2. The summed E-state index contributed by atoms with van der Waals surface area (Å²) >= 11 is 6.78. The van der Waals surface area contributed by atoms with Gasteiger partial charge in [-0.25, -0.2) is 0 Å². The zero-order valence-corrected chi connectivity index (χ0v) is 31.4. The maximum atomic E-state index is 15.2. The summed E-state index contributed by atoms with van der Waals surface area (Å²) in [6.07, 6.45) is 4.48. The van der Waals surface area contributed by atoms with Crippen molar-refractivity contribution >= 4 is 37.8 Å². The van der Waals surface area contributed by atoms with Crippen molar-refractivity contribution in [2.75, 3.05) is 27.3 Å². The molecule has 0 radical (unpaired) electrons. The van der Waals surface area contributed by atoms with E-state index in [0.717, 1.165) is 25.7 Å². The number of hydrogen-bond acceptors (Lipinski definition) is 10. The molecule has 2 aromatic rings. The van der Waals surface area contributed by atoms with Gasteiger partial charge >= 0.3 is 0 Å². The van der Waals surface area contributed by atoms with Crippen molar-refractivity contribution in [2.24, 2.45) is 11.8 Å². The number of halogens is 1. The Balaban J connectivity index is 1.79. The summed E-state index contributed by atoms with van der Waals surface area (Å²) in [5.74, 6) is -1.91. The number of carbonyl (C=O) groups excluding carboxylic acids is 3. The van der Waals surface area contributed by atoms with Crippen LogP contribution in [-0.2, 0) is 10.8 Å². The molecule has 3 aliphatic carbocycles. The Kier molecular flexibility index (Phi) is 10.1. The molecule has 0 aliphatic heterocycles. The standard InChI is InChI=1S/C36H49ClN2O8Si/c1-10-12-14-44-24-18-21(19-40)28(37)22-16-20-17-23-29(39(6)7)31-27(34(38-46-31)45-15-13-11-2)33(43)36(23,47-48(8,9)35(3,4)5)32(42)25(20)30(41)26(22)24/h18-20,23,29,42H,10-17H2,1-9H3/t20-,23-,29-,36-/m0/s1. The average Bonchev–Trinajstić information content (AvgIpc) is 3.42. The highest BCUT2D eigenvalue weighted by molar-refractivity contribution is 6.74. The minimum atomic E-state index is -2.83. The number of nitrogens with zero attached hydrogens (tertiary/aromatic N) is 2. The van der Waals surface area contributed by atoms with Crippen molar-refractivity contribution < 1.29 is 37.9 Å². The van der Waals surface area contributed by atoms with E-state index in [1.165, 1.54) is 6.07 Å². The predicted molar refractivity (Wildman–Crippen MR) is 185 cm³/mol. The van der Waals surface area contributed by atoms with Crippen LogP contribution < -0.4 is 9.47 Å². The van der Waals surface area contributed by atoms with E-state index in [4.69, 9.17) is 30.0 Å². The molecule has 0 bridgehead atoms. The molecule has 0 fully saturated rings. The van der Waals surface area contributed by atoms with Gasteiger partial charge in [-0.05, 0) is 80.6 Å². The van der Waals surface area contributed by atoms with Crippen LogP contribution in [-0.4, -0.2) is 74.2 Å². The van der Waals surface area contributed by atoms with E-state index in [0.29, 0.717) is 37.2 Å². The molecule has 1 aromatic carbocycles. The number of Topliss-reactive ketones (excluding diaryl/α,β-unsaturated/α-hetero) is 2. The molecule has 3 aliphatic rings. The summed E-state index contributed by atoms with van der Waals surface area (Å²) in [6.45, 7) is 15.0. The summed E-state index contributed by atoms with van der Waals surface area (Å²) < 4.78 is 25.1. The van der Waals surface area contributed by atoms with E-state index >= 15 is 4.79 Å². The van der Waals surface area contributed by atoms with Crippen LogP contribution in [0.4, 0.5) is 0 Å². The molecular formula is C36H49ClN2O8Si. The topological polar surface area (TPSA) is 128 Å². The zero-order chi connectivity index (χ0) is 35.3. The molecule has 1 heterocycles. The van der Waals surface area contributed by atoms with Gasteiger partial charge in [-0.1, -0.05) is 59.1 Å². The van der Waals surface area contributed by atoms with Gasteiger partial charge < -0.3 is 23.5 Å². The Morgan fingerprint density at radius 2 is 1.77 bits per heavy atom. The van der Waals surface area contributed by atoms with Gasteiger partial charge in [0.2, 0.25) is 5.78 Å². The molecule has 4 atom stereocenters. The fourth-order valence-corrected chi connectivity index (χ4v) is 8.84. The second-order valence-corrected chi connectivity index (χ2v) is 20.2. The quantitative estimate of drug-likeness (QED) is 0.132. The number of ketones is 2. The molecule has 0 amide bonds. The summed E-state index contributed by atoms with van der Waals surface area (Å²) in [5, 5.41) is 16.7. The molecule has 12 heteroatoms. The summed E-state index contributed by atoms with van der Waals surface area (Å²) in [4.78, 5) is 43.9. The molecule has 10 nitrogen and oxygen atoms in total. The lowest BCUT2D eigenvalue weighted by molar-refractivity contribution is -0.0480. The van der Waals surface area contributed by atoms with Crippen LogP contribution in [0.5, 0.6) is 11.6 Å². The molecule has 0 saturated heterocycles. The highest BCUT2D eigenvalue weighted by atomic mass is 35.5. The first kappa shape index (κ1) is 36.3. The van der Waals surface area contributed by atoms with Crippen LogP contribution in [0, 0.1) is 11.8 Å². The van der Waals surface area contributed by atoms with E-state index in [1.807, 2.05) is 45.9 Å². The van der Waals surface area contributed by atoms with Gasteiger partial charge in [0, 0.05) is 17.1 Å². The number of unbranched alkanes of at least 4 members (excludes halogenated alkanes) is 2. The number of rotatable bonds is 12. The van der Waals surface area contributed by atoms with Crippen LogP contribution in [0.25, 0.3) is 0 Å². The van der Waals surface area contributed by atoms with Gasteiger partial charge in [0.15, 0.2) is 31.7 Å². The van der Waals surface area contributed by atoms with Gasteiger partial charge in [-0.2, -0.15) is 0 Å². The number of benzene rings is 1. The van der Waals surface area contributed by atoms with Gasteiger partial charge in [0.25, 0.3) is 5.88 Å². The smallest absolute Gasteiger partial charge is 0.265 e. The molecule has 262 valence electrons. The predicted octanol–water partition coefficient (Wildman–Crippen LogP) is 7.95. The average molecular weight is 701 g/mol. The van der Waals surface area contributed by atoms with Crippen LogP contribution >= 0.6 is 11.6 Å². The Bertz CT molecular complexity index is 1640. The minimum absolute atomic E-state index is 0.0620. The van der Waals surface area contributed by atoms with Crippen LogP contribution in [0.1, 0.15) is 115 Å². The number of hydrogen-bond donors (Lipinski definition) is 1.